The van der Waals surface area contributed by atoms with Crippen molar-refractivity contribution in [1.29, 1.82) is 0 Å². The third-order valence-electron chi connectivity index (χ3n) is 1.31. The maximum absolute atomic E-state index is 3.90. The smallest absolute Gasteiger partial charge is 0.138 e. The second-order valence-corrected chi connectivity index (χ2v) is 2.20. The molecule has 0 aliphatic heterocycles. The van der Waals surface area contributed by atoms with Crippen molar-refractivity contribution < 1.29 is 0 Å². The molecule has 0 aromatic carbocycles. The normalized spacial score (nSPS) is 9.70. The van der Waals surface area contributed by atoms with Gasteiger partial charge in [0.1, 0.15) is 6.33 Å². The van der Waals surface area contributed by atoms with E-state index >= 15 is 0 Å². The van der Waals surface area contributed by atoms with Crippen molar-refractivity contribution in [2.45, 2.75) is 26.2 Å². The van der Waals surface area contributed by atoms with Gasteiger partial charge in [-0.1, -0.05) is 13.3 Å². The van der Waals surface area contributed by atoms with Gasteiger partial charge < -0.3 is 0 Å². The zero-order valence-electron chi connectivity index (χ0n) is 6.12. The van der Waals surface area contributed by atoms with Crippen LogP contribution in [0.15, 0.2) is 12.5 Å². The summed E-state index contributed by atoms with van der Waals surface area (Å²) in [6.45, 7) is 2.16. The fraction of sp³-hybridized carbons (Fsp3) is 0.571. The van der Waals surface area contributed by atoms with Gasteiger partial charge in [0.2, 0.25) is 0 Å². The molecule has 0 radical (unpaired) electrons. The number of hydrogen-bond donors (Lipinski definition) is 0. The molecule has 0 aliphatic rings. The van der Waals surface area contributed by atoms with Crippen molar-refractivity contribution in [3.05, 3.63) is 18.2 Å². The molecule has 0 saturated heterocycles. The molecule has 3 nitrogen and oxygen atoms in total. The van der Waals surface area contributed by atoms with E-state index in [2.05, 4.69) is 22.1 Å². The molecule has 0 N–H and O–H groups in total. The van der Waals surface area contributed by atoms with Crippen molar-refractivity contribution in [3.8, 4) is 0 Å². The lowest BCUT2D eigenvalue weighted by molar-refractivity contribution is 0.749. The van der Waals surface area contributed by atoms with Crippen LogP contribution < -0.4 is 0 Å². The summed E-state index contributed by atoms with van der Waals surface area (Å²) in [4.78, 5) is 3.86. The molecular formula is C7H11N3. The molecule has 54 valence electrons. The van der Waals surface area contributed by atoms with Crippen molar-refractivity contribution in [2.24, 2.45) is 0 Å². The molecule has 1 aromatic heterocycles. The lowest BCUT2D eigenvalue weighted by Gasteiger charge is -1.93. The first-order valence-electron chi connectivity index (χ1n) is 3.55. The van der Waals surface area contributed by atoms with Crippen LogP contribution >= 0.6 is 0 Å². The fourth-order valence-electron chi connectivity index (χ4n) is 0.747. The second-order valence-electron chi connectivity index (χ2n) is 2.20. The first-order chi connectivity index (χ1) is 4.93. The molecule has 3 heteroatoms. The van der Waals surface area contributed by atoms with Crippen LogP contribution in [-0.2, 0) is 6.42 Å². The van der Waals surface area contributed by atoms with E-state index in [-0.39, 0.29) is 0 Å². The average Bonchev–Trinajstić information content (AvgIpc) is 2.03. The highest BCUT2D eigenvalue weighted by atomic mass is 15.1. The second kappa shape index (κ2) is 3.93. The largest absolute Gasteiger partial charge is 0.241 e. The number of unbranched alkanes of at least 4 members (excludes halogenated alkanes) is 1. The minimum atomic E-state index is 0.990. The third-order valence-corrected chi connectivity index (χ3v) is 1.31. The van der Waals surface area contributed by atoms with Gasteiger partial charge in [-0.25, -0.2) is 4.98 Å². The Hall–Kier alpha value is -0.990. The SMILES string of the molecule is CCCCc1cncnn1. The topological polar surface area (TPSA) is 38.7 Å². The Labute approximate surface area is 60.5 Å². The van der Waals surface area contributed by atoms with Gasteiger partial charge in [-0.3, -0.25) is 0 Å². The van der Waals surface area contributed by atoms with Gasteiger partial charge in [-0.15, -0.1) is 5.10 Å². The molecule has 0 saturated carbocycles. The van der Waals surface area contributed by atoms with Crippen molar-refractivity contribution in [3.63, 3.8) is 0 Å². The van der Waals surface area contributed by atoms with Crippen LogP contribution in [0.4, 0.5) is 0 Å². The number of hydrogen-bond acceptors (Lipinski definition) is 3. The van der Waals surface area contributed by atoms with Gasteiger partial charge in [-0.2, -0.15) is 5.10 Å². The standard InChI is InChI=1S/C7H11N3/c1-2-3-4-7-5-8-6-9-10-7/h5-6H,2-4H2,1H3. The van der Waals surface area contributed by atoms with Crippen molar-refractivity contribution >= 4 is 0 Å². The predicted molar refractivity (Wildman–Crippen MR) is 38.4 cm³/mol. The molecule has 0 amide bonds. The van der Waals surface area contributed by atoms with E-state index in [0.717, 1.165) is 12.1 Å². The molecule has 0 fully saturated rings. The van der Waals surface area contributed by atoms with Crippen LogP contribution in [0.25, 0.3) is 0 Å². The highest BCUT2D eigenvalue weighted by Crippen LogP contribution is 1.96. The molecule has 1 rings (SSSR count). The van der Waals surface area contributed by atoms with Crippen molar-refractivity contribution in [2.75, 3.05) is 0 Å². The summed E-state index contributed by atoms with van der Waals surface area (Å²) < 4.78 is 0. The van der Waals surface area contributed by atoms with Gasteiger partial charge in [0, 0.05) is 0 Å². The first kappa shape index (κ1) is 7.12. The minimum Gasteiger partial charge on any atom is -0.241 e. The summed E-state index contributed by atoms with van der Waals surface area (Å²) >= 11 is 0. The Balaban J connectivity index is 2.43. The maximum Gasteiger partial charge on any atom is 0.138 e. The van der Waals surface area contributed by atoms with Crippen LogP contribution in [0.3, 0.4) is 0 Å². The van der Waals surface area contributed by atoms with Crippen LogP contribution in [-0.4, -0.2) is 15.2 Å². The average molecular weight is 137 g/mol. The van der Waals surface area contributed by atoms with Crippen LogP contribution in [0.2, 0.25) is 0 Å². The molecule has 1 aromatic rings. The molecule has 0 bridgehead atoms. The maximum atomic E-state index is 3.90. The molecule has 10 heavy (non-hydrogen) atoms. The monoisotopic (exact) mass is 137 g/mol. The molecule has 1 heterocycles. The van der Waals surface area contributed by atoms with E-state index < -0.39 is 0 Å². The van der Waals surface area contributed by atoms with Crippen LogP contribution in [0.1, 0.15) is 25.5 Å². The molecular weight excluding hydrogens is 126 g/mol. The summed E-state index contributed by atoms with van der Waals surface area (Å²) in [7, 11) is 0. The van der Waals surface area contributed by atoms with E-state index in [1.807, 2.05) is 0 Å². The van der Waals surface area contributed by atoms with Gasteiger partial charge in [0.25, 0.3) is 0 Å². The first-order valence-corrected chi connectivity index (χ1v) is 3.55. The zero-order valence-corrected chi connectivity index (χ0v) is 6.12. The summed E-state index contributed by atoms with van der Waals surface area (Å²) in [6.07, 6.45) is 6.58. The number of aryl methyl sites for hydroxylation is 1. The zero-order chi connectivity index (χ0) is 7.23. The van der Waals surface area contributed by atoms with E-state index in [9.17, 15) is 0 Å². The molecule has 0 aliphatic carbocycles. The third kappa shape index (κ3) is 2.09. The van der Waals surface area contributed by atoms with Gasteiger partial charge in [0.15, 0.2) is 0 Å². The van der Waals surface area contributed by atoms with Gasteiger partial charge in [-0.05, 0) is 12.8 Å². The Bertz CT molecular complexity index is 173. The minimum absolute atomic E-state index is 0.990. The fourth-order valence-corrected chi connectivity index (χ4v) is 0.747. The molecule has 0 unspecified atom stereocenters. The Morgan fingerprint density at radius 2 is 2.40 bits per heavy atom. The Morgan fingerprint density at radius 3 is 3.00 bits per heavy atom. The van der Waals surface area contributed by atoms with Gasteiger partial charge in [0.05, 0.1) is 11.9 Å². The summed E-state index contributed by atoms with van der Waals surface area (Å²) in [5, 5.41) is 7.58. The predicted octanol–water partition coefficient (Wildman–Crippen LogP) is 1.21. The highest BCUT2D eigenvalue weighted by molar-refractivity contribution is 4.89. The van der Waals surface area contributed by atoms with Crippen LogP contribution in [0, 0.1) is 0 Å². The van der Waals surface area contributed by atoms with E-state index in [1.165, 1.54) is 19.2 Å². The number of aromatic nitrogens is 3. The number of nitrogens with zero attached hydrogens (tertiary/aromatic N) is 3. The summed E-state index contributed by atoms with van der Waals surface area (Å²) in [5.74, 6) is 0. The van der Waals surface area contributed by atoms with E-state index in [4.69, 9.17) is 0 Å². The molecule has 0 atom stereocenters. The highest BCUT2D eigenvalue weighted by Gasteiger charge is 1.91. The van der Waals surface area contributed by atoms with Crippen molar-refractivity contribution in [1.82, 2.24) is 15.2 Å². The quantitative estimate of drug-likeness (QED) is 0.628. The Kier molecular flexibility index (Phi) is 2.80. The Morgan fingerprint density at radius 1 is 1.50 bits per heavy atom. The lowest BCUT2D eigenvalue weighted by atomic mass is 10.2. The summed E-state index contributed by atoms with van der Waals surface area (Å²) in [6, 6.07) is 0. The summed E-state index contributed by atoms with van der Waals surface area (Å²) in [5.41, 5.74) is 0.990. The lowest BCUT2D eigenvalue weighted by Crippen LogP contribution is -1.92. The number of rotatable bonds is 3. The van der Waals surface area contributed by atoms with E-state index in [1.54, 1.807) is 6.20 Å². The van der Waals surface area contributed by atoms with Crippen LogP contribution in [0.5, 0.6) is 0 Å². The van der Waals surface area contributed by atoms with E-state index in [0.29, 0.717) is 0 Å². The van der Waals surface area contributed by atoms with Gasteiger partial charge >= 0.3 is 0 Å². The molecule has 0 spiro atoms.